The van der Waals surface area contributed by atoms with Crippen molar-refractivity contribution in [3.8, 4) is 5.75 Å². The second-order valence-electron chi connectivity index (χ2n) is 5.60. The molecule has 1 amide bonds. The number of amides is 1. The Hall–Kier alpha value is -2.07. The van der Waals surface area contributed by atoms with Gasteiger partial charge in [-0.1, -0.05) is 17.7 Å². The molecule has 3 nitrogen and oxygen atoms in total. The fourth-order valence-corrected chi connectivity index (χ4v) is 3.28. The molecule has 0 saturated heterocycles. The van der Waals surface area contributed by atoms with Crippen LogP contribution in [-0.4, -0.2) is 19.6 Å². The first-order valence-electron chi connectivity index (χ1n) is 7.46. The summed E-state index contributed by atoms with van der Waals surface area (Å²) in [7, 11) is 1.59. The fraction of sp³-hybridized carbons (Fsp3) is 0.278. The lowest BCUT2D eigenvalue weighted by atomic mass is 9.95. The Balaban J connectivity index is 2.09. The summed E-state index contributed by atoms with van der Waals surface area (Å²) >= 11 is 6.06. The summed E-state index contributed by atoms with van der Waals surface area (Å²) in [6, 6.07) is 7.70. The van der Waals surface area contributed by atoms with Crippen molar-refractivity contribution in [3.05, 3.63) is 57.9 Å². The summed E-state index contributed by atoms with van der Waals surface area (Å²) in [6.45, 7) is 2.61. The molecule has 0 spiro atoms. The van der Waals surface area contributed by atoms with E-state index < -0.39 is 5.82 Å². The summed E-state index contributed by atoms with van der Waals surface area (Å²) in [5.74, 6) is -0.0317. The maximum absolute atomic E-state index is 13.2. The lowest BCUT2D eigenvalue weighted by molar-refractivity contribution is 0.0984. The van der Waals surface area contributed by atoms with Crippen LogP contribution in [0.15, 0.2) is 30.3 Å². The molecule has 1 aliphatic heterocycles. The molecule has 0 atom stereocenters. The van der Waals surface area contributed by atoms with E-state index in [1.165, 1.54) is 12.1 Å². The standard InChI is InChI=1S/C18H17ClFNO2/c1-11-5-8-16(23-2)17-13(11)4-3-9-21(17)18(22)14-7-6-12(20)10-15(14)19/h5-8,10H,3-4,9H2,1-2H3. The van der Waals surface area contributed by atoms with Gasteiger partial charge in [-0.15, -0.1) is 0 Å². The van der Waals surface area contributed by atoms with Gasteiger partial charge in [-0.2, -0.15) is 0 Å². The van der Waals surface area contributed by atoms with Gasteiger partial charge in [0.15, 0.2) is 0 Å². The van der Waals surface area contributed by atoms with Crippen LogP contribution in [0, 0.1) is 12.7 Å². The smallest absolute Gasteiger partial charge is 0.259 e. The van der Waals surface area contributed by atoms with Crippen molar-refractivity contribution in [2.24, 2.45) is 0 Å². The zero-order chi connectivity index (χ0) is 16.6. The number of aryl methyl sites for hydroxylation is 1. The molecule has 0 N–H and O–H groups in total. The number of ether oxygens (including phenoxy) is 1. The predicted octanol–water partition coefficient (Wildman–Crippen LogP) is 4.39. The van der Waals surface area contributed by atoms with Gasteiger partial charge in [-0.05, 0) is 55.2 Å². The number of methoxy groups -OCH3 is 1. The number of hydrogen-bond donors (Lipinski definition) is 0. The third-order valence-corrected chi connectivity index (χ3v) is 4.50. The molecule has 23 heavy (non-hydrogen) atoms. The monoisotopic (exact) mass is 333 g/mol. The van der Waals surface area contributed by atoms with E-state index in [0.717, 1.165) is 35.7 Å². The van der Waals surface area contributed by atoms with Crippen molar-refractivity contribution in [1.82, 2.24) is 0 Å². The number of carbonyl (C=O) groups is 1. The van der Waals surface area contributed by atoms with Crippen molar-refractivity contribution >= 4 is 23.2 Å². The van der Waals surface area contributed by atoms with Crippen LogP contribution in [0.4, 0.5) is 10.1 Å². The quantitative estimate of drug-likeness (QED) is 0.815. The van der Waals surface area contributed by atoms with Crippen LogP contribution in [0.2, 0.25) is 5.02 Å². The van der Waals surface area contributed by atoms with Gasteiger partial charge >= 0.3 is 0 Å². The normalized spacial score (nSPS) is 13.7. The van der Waals surface area contributed by atoms with E-state index in [1.807, 2.05) is 19.1 Å². The molecule has 2 aromatic rings. The van der Waals surface area contributed by atoms with Crippen molar-refractivity contribution in [2.75, 3.05) is 18.6 Å². The Bertz CT molecular complexity index is 776. The Morgan fingerprint density at radius 3 is 2.78 bits per heavy atom. The van der Waals surface area contributed by atoms with Crippen LogP contribution in [0.3, 0.4) is 0 Å². The molecular formula is C18H17ClFNO2. The molecule has 0 aliphatic carbocycles. The topological polar surface area (TPSA) is 29.5 Å². The predicted molar refractivity (Wildman–Crippen MR) is 89.1 cm³/mol. The summed E-state index contributed by atoms with van der Waals surface area (Å²) < 4.78 is 18.7. The number of halogens is 2. The third-order valence-electron chi connectivity index (χ3n) is 4.18. The minimum absolute atomic E-state index is 0.119. The molecule has 2 aromatic carbocycles. The molecule has 1 heterocycles. The summed E-state index contributed by atoms with van der Waals surface area (Å²) in [6.07, 6.45) is 1.77. The van der Waals surface area contributed by atoms with Crippen LogP contribution in [0.25, 0.3) is 0 Å². The van der Waals surface area contributed by atoms with Crippen molar-refractivity contribution in [3.63, 3.8) is 0 Å². The first kappa shape index (κ1) is 15.8. The molecule has 0 bridgehead atoms. The van der Waals surface area contributed by atoms with Crippen LogP contribution < -0.4 is 9.64 Å². The minimum Gasteiger partial charge on any atom is -0.495 e. The van der Waals surface area contributed by atoms with Crippen LogP contribution >= 0.6 is 11.6 Å². The fourth-order valence-electron chi connectivity index (χ4n) is 3.03. The van der Waals surface area contributed by atoms with Crippen molar-refractivity contribution in [1.29, 1.82) is 0 Å². The Kier molecular flexibility index (Phi) is 4.26. The summed E-state index contributed by atoms with van der Waals surface area (Å²) in [4.78, 5) is 14.6. The van der Waals surface area contributed by atoms with E-state index >= 15 is 0 Å². The van der Waals surface area contributed by atoms with E-state index in [9.17, 15) is 9.18 Å². The SMILES string of the molecule is COc1ccc(C)c2c1N(C(=O)c1ccc(F)cc1Cl)CCC2. The molecule has 3 rings (SSSR count). The van der Waals surface area contributed by atoms with Gasteiger partial charge in [0.05, 0.1) is 23.4 Å². The minimum atomic E-state index is -0.459. The maximum atomic E-state index is 13.2. The van der Waals surface area contributed by atoms with Crippen molar-refractivity contribution in [2.45, 2.75) is 19.8 Å². The zero-order valence-electron chi connectivity index (χ0n) is 13.0. The van der Waals surface area contributed by atoms with Crippen LogP contribution in [0.5, 0.6) is 5.75 Å². The van der Waals surface area contributed by atoms with Gasteiger partial charge in [0.2, 0.25) is 0 Å². The number of nitrogens with zero attached hydrogens (tertiary/aromatic N) is 1. The Labute approximate surface area is 139 Å². The summed E-state index contributed by atoms with van der Waals surface area (Å²) in [5, 5.41) is 0.119. The molecule has 0 fully saturated rings. The summed E-state index contributed by atoms with van der Waals surface area (Å²) in [5.41, 5.74) is 3.33. The van der Waals surface area contributed by atoms with E-state index in [0.29, 0.717) is 17.9 Å². The van der Waals surface area contributed by atoms with E-state index in [1.54, 1.807) is 12.0 Å². The highest BCUT2D eigenvalue weighted by Gasteiger charge is 2.29. The Morgan fingerprint density at radius 2 is 2.09 bits per heavy atom. The van der Waals surface area contributed by atoms with Gasteiger partial charge in [0, 0.05) is 6.54 Å². The Morgan fingerprint density at radius 1 is 1.30 bits per heavy atom. The number of rotatable bonds is 2. The van der Waals surface area contributed by atoms with Crippen LogP contribution in [0.1, 0.15) is 27.9 Å². The molecule has 5 heteroatoms. The lowest BCUT2D eigenvalue weighted by Gasteiger charge is -2.32. The molecule has 0 radical (unpaired) electrons. The molecule has 1 aliphatic rings. The molecule has 120 valence electrons. The van der Waals surface area contributed by atoms with Gasteiger partial charge in [-0.25, -0.2) is 4.39 Å². The van der Waals surface area contributed by atoms with Gasteiger partial charge in [0.1, 0.15) is 11.6 Å². The van der Waals surface area contributed by atoms with Crippen LogP contribution in [-0.2, 0) is 6.42 Å². The highest BCUT2D eigenvalue weighted by Crippen LogP contribution is 2.39. The van der Waals surface area contributed by atoms with Gasteiger partial charge < -0.3 is 9.64 Å². The van der Waals surface area contributed by atoms with Gasteiger partial charge in [0.25, 0.3) is 5.91 Å². The number of carbonyl (C=O) groups excluding carboxylic acids is 1. The first-order valence-corrected chi connectivity index (χ1v) is 7.84. The largest absolute Gasteiger partial charge is 0.495 e. The lowest BCUT2D eigenvalue weighted by Crippen LogP contribution is -2.36. The van der Waals surface area contributed by atoms with Crippen molar-refractivity contribution < 1.29 is 13.9 Å². The highest BCUT2D eigenvalue weighted by atomic mass is 35.5. The number of fused-ring (bicyclic) bond motifs is 1. The van der Waals surface area contributed by atoms with E-state index in [-0.39, 0.29) is 10.9 Å². The average Bonchev–Trinajstić information content (AvgIpc) is 2.54. The number of hydrogen-bond acceptors (Lipinski definition) is 2. The molecule has 0 saturated carbocycles. The number of anilines is 1. The van der Waals surface area contributed by atoms with E-state index in [4.69, 9.17) is 16.3 Å². The third kappa shape index (κ3) is 2.79. The second kappa shape index (κ2) is 6.20. The molecule has 0 unspecified atom stereocenters. The van der Waals surface area contributed by atoms with Gasteiger partial charge in [-0.3, -0.25) is 4.79 Å². The zero-order valence-corrected chi connectivity index (χ0v) is 13.8. The maximum Gasteiger partial charge on any atom is 0.259 e. The molecule has 0 aromatic heterocycles. The van der Waals surface area contributed by atoms with E-state index in [2.05, 4.69) is 0 Å². The highest BCUT2D eigenvalue weighted by molar-refractivity contribution is 6.34. The number of benzene rings is 2. The first-order chi connectivity index (χ1) is 11.0. The second-order valence-corrected chi connectivity index (χ2v) is 6.00. The average molecular weight is 334 g/mol. The molecular weight excluding hydrogens is 317 g/mol.